The average Bonchev–Trinajstić information content (AvgIpc) is 2.88. The number of benzene rings is 1. The summed E-state index contributed by atoms with van der Waals surface area (Å²) in [6, 6.07) is 8.93. The van der Waals surface area contributed by atoms with Crippen LogP contribution in [0.3, 0.4) is 0 Å². The first-order valence-corrected chi connectivity index (χ1v) is 9.03. The van der Waals surface area contributed by atoms with Gasteiger partial charge in [0.1, 0.15) is 6.04 Å². The van der Waals surface area contributed by atoms with Crippen molar-refractivity contribution in [1.82, 2.24) is 4.90 Å². The normalized spacial score (nSPS) is 25.4. The molecule has 2 amide bonds. The van der Waals surface area contributed by atoms with Crippen LogP contribution in [0.5, 0.6) is 0 Å². The molecule has 2 unspecified atom stereocenters. The molecular weight excluding hydrogens is 318 g/mol. The largest absolute Gasteiger partial charge is 0.467 e. The molecule has 0 radical (unpaired) electrons. The Morgan fingerprint density at radius 3 is 2.20 bits per heavy atom. The zero-order valence-corrected chi connectivity index (χ0v) is 14.8. The van der Waals surface area contributed by atoms with Gasteiger partial charge in [0, 0.05) is 0 Å². The molecule has 2 aliphatic rings. The maximum Gasteiger partial charge on any atom is 0.329 e. The first-order valence-electron chi connectivity index (χ1n) is 9.03. The van der Waals surface area contributed by atoms with Crippen molar-refractivity contribution in [2.24, 2.45) is 17.8 Å². The minimum absolute atomic E-state index is 0.190. The predicted molar refractivity (Wildman–Crippen MR) is 92.4 cm³/mol. The molecule has 2 fully saturated rings. The molecule has 1 heterocycles. The van der Waals surface area contributed by atoms with Crippen molar-refractivity contribution >= 4 is 17.8 Å². The third-order valence-electron chi connectivity index (χ3n) is 5.54. The van der Waals surface area contributed by atoms with E-state index >= 15 is 0 Å². The van der Waals surface area contributed by atoms with Gasteiger partial charge in [-0.3, -0.25) is 14.5 Å². The van der Waals surface area contributed by atoms with Crippen molar-refractivity contribution in [1.29, 1.82) is 0 Å². The van der Waals surface area contributed by atoms with Crippen LogP contribution >= 0.6 is 0 Å². The molecule has 1 aliphatic carbocycles. The Morgan fingerprint density at radius 2 is 1.68 bits per heavy atom. The van der Waals surface area contributed by atoms with Gasteiger partial charge in [-0.25, -0.2) is 4.79 Å². The number of rotatable bonds is 5. The molecule has 4 atom stereocenters. The van der Waals surface area contributed by atoms with E-state index in [0.29, 0.717) is 6.42 Å². The number of carbonyl (C=O) groups excluding carboxylic acids is 3. The second kappa shape index (κ2) is 7.38. The SMILES string of the molecule is COC(=O)[C@H]([C@H](C)Cc1ccccc1)N1C(=O)C2CCCCC2C1=O. The van der Waals surface area contributed by atoms with Gasteiger partial charge >= 0.3 is 5.97 Å². The van der Waals surface area contributed by atoms with E-state index in [4.69, 9.17) is 4.74 Å². The highest BCUT2D eigenvalue weighted by atomic mass is 16.5. The molecule has 1 saturated carbocycles. The highest BCUT2D eigenvalue weighted by Crippen LogP contribution is 2.40. The number of esters is 1. The van der Waals surface area contributed by atoms with Crippen LogP contribution in [0.15, 0.2) is 30.3 Å². The van der Waals surface area contributed by atoms with Crippen molar-refractivity contribution in [3.63, 3.8) is 0 Å². The minimum Gasteiger partial charge on any atom is -0.467 e. The monoisotopic (exact) mass is 343 g/mol. The molecule has 1 aliphatic heterocycles. The van der Waals surface area contributed by atoms with Crippen LogP contribution in [-0.2, 0) is 25.5 Å². The number of nitrogens with zero attached hydrogens (tertiary/aromatic N) is 1. The fourth-order valence-electron chi connectivity index (χ4n) is 4.27. The first kappa shape index (κ1) is 17.6. The summed E-state index contributed by atoms with van der Waals surface area (Å²) in [6.45, 7) is 1.90. The van der Waals surface area contributed by atoms with E-state index in [1.807, 2.05) is 37.3 Å². The van der Waals surface area contributed by atoms with Crippen LogP contribution < -0.4 is 0 Å². The second-order valence-electron chi connectivity index (χ2n) is 7.18. The average molecular weight is 343 g/mol. The zero-order chi connectivity index (χ0) is 18.0. The van der Waals surface area contributed by atoms with Gasteiger partial charge < -0.3 is 4.74 Å². The van der Waals surface area contributed by atoms with E-state index in [-0.39, 0.29) is 29.6 Å². The summed E-state index contributed by atoms with van der Waals surface area (Å²) in [5.41, 5.74) is 1.07. The van der Waals surface area contributed by atoms with Gasteiger partial charge in [0.05, 0.1) is 18.9 Å². The third kappa shape index (κ3) is 3.32. The highest BCUT2D eigenvalue weighted by Gasteiger charge is 2.53. The molecule has 0 aromatic heterocycles. The van der Waals surface area contributed by atoms with Gasteiger partial charge in [-0.05, 0) is 30.7 Å². The van der Waals surface area contributed by atoms with Crippen molar-refractivity contribution < 1.29 is 19.1 Å². The van der Waals surface area contributed by atoms with Crippen LogP contribution in [0.2, 0.25) is 0 Å². The van der Waals surface area contributed by atoms with Crippen LogP contribution in [0, 0.1) is 17.8 Å². The van der Waals surface area contributed by atoms with Gasteiger partial charge in [-0.1, -0.05) is 50.1 Å². The lowest BCUT2D eigenvalue weighted by atomic mass is 9.81. The molecular formula is C20H25NO4. The predicted octanol–water partition coefficient (Wildman–Crippen LogP) is 2.58. The number of ether oxygens (including phenoxy) is 1. The smallest absolute Gasteiger partial charge is 0.329 e. The summed E-state index contributed by atoms with van der Waals surface area (Å²) in [5.74, 6) is -1.60. The lowest BCUT2D eigenvalue weighted by molar-refractivity contribution is -0.159. The summed E-state index contributed by atoms with van der Waals surface area (Å²) in [5, 5.41) is 0. The first-order chi connectivity index (χ1) is 12.0. The van der Waals surface area contributed by atoms with Crippen molar-refractivity contribution in [2.45, 2.75) is 45.1 Å². The Kier molecular flexibility index (Phi) is 5.21. The molecule has 5 nitrogen and oxygen atoms in total. The van der Waals surface area contributed by atoms with E-state index in [1.165, 1.54) is 12.0 Å². The number of likely N-dealkylation sites (tertiary alicyclic amines) is 1. The van der Waals surface area contributed by atoms with Crippen molar-refractivity contribution in [3.05, 3.63) is 35.9 Å². The Hall–Kier alpha value is -2.17. The molecule has 0 N–H and O–H groups in total. The Morgan fingerprint density at radius 1 is 1.12 bits per heavy atom. The quantitative estimate of drug-likeness (QED) is 0.609. The third-order valence-corrected chi connectivity index (χ3v) is 5.54. The van der Waals surface area contributed by atoms with E-state index in [0.717, 1.165) is 31.2 Å². The highest BCUT2D eigenvalue weighted by molar-refractivity contribution is 6.08. The number of hydrogen-bond donors (Lipinski definition) is 0. The fourth-order valence-corrected chi connectivity index (χ4v) is 4.27. The standard InChI is InChI=1S/C20H25NO4/c1-13(12-14-8-4-3-5-9-14)17(20(24)25-2)21-18(22)15-10-6-7-11-16(15)19(21)23/h3-5,8-9,13,15-17H,6-7,10-12H2,1-2H3/t13-,15?,16?,17+/m1/s1. The summed E-state index contributed by atoms with van der Waals surface area (Å²) in [4.78, 5) is 39.4. The van der Waals surface area contributed by atoms with Crippen molar-refractivity contribution in [3.8, 4) is 0 Å². The molecule has 134 valence electrons. The number of methoxy groups -OCH3 is 1. The number of hydrogen-bond acceptors (Lipinski definition) is 4. The van der Waals surface area contributed by atoms with Crippen LogP contribution in [0.4, 0.5) is 0 Å². The summed E-state index contributed by atoms with van der Waals surface area (Å²) >= 11 is 0. The maximum absolute atomic E-state index is 12.9. The molecule has 3 rings (SSSR count). The molecule has 0 bridgehead atoms. The van der Waals surface area contributed by atoms with Gasteiger partial charge in [-0.15, -0.1) is 0 Å². The van der Waals surface area contributed by atoms with Crippen LogP contribution in [-0.4, -0.2) is 35.8 Å². The fraction of sp³-hybridized carbons (Fsp3) is 0.550. The van der Waals surface area contributed by atoms with E-state index in [9.17, 15) is 14.4 Å². The number of fused-ring (bicyclic) bond motifs is 1. The van der Waals surface area contributed by atoms with Crippen molar-refractivity contribution in [2.75, 3.05) is 7.11 Å². The van der Waals surface area contributed by atoms with E-state index in [2.05, 4.69) is 0 Å². The second-order valence-corrected chi connectivity index (χ2v) is 7.18. The summed E-state index contributed by atoms with van der Waals surface area (Å²) < 4.78 is 4.95. The molecule has 5 heteroatoms. The molecule has 25 heavy (non-hydrogen) atoms. The van der Waals surface area contributed by atoms with Gasteiger partial charge in [0.2, 0.25) is 11.8 Å². The topological polar surface area (TPSA) is 63.7 Å². The van der Waals surface area contributed by atoms with Crippen LogP contribution in [0.1, 0.15) is 38.2 Å². The van der Waals surface area contributed by atoms with Crippen LogP contribution in [0.25, 0.3) is 0 Å². The lowest BCUT2D eigenvalue weighted by Crippen LogP contribution is -2.50. The maximum atomic E-state index is 12.9. The molecule has 0 spiro atoms. The number of amides is 2. The zero-order valence-electron chi connectivity index (χ0n) is 14.8. The number of imide groups is 1. The van der Waals surface area contributed by atoms with Gasteiger partial charge in [0.15, 0.2) is 0 Å². The Labute approximate surface area is 148 Å². The summed E-state index contributed by atoms with van der Waals surface area (Å²) in [7, 11) is 1.31. The van der Waals surface area contributed by atoms with E-state index < -0.39 is 12.0 Å². The number of carbonyl (C=O) groups is 3. The van der Waals surface area contributed by atoms with Gasteiger partial charge in [-0.2, -0.15) is 0 Å². The molecule has 1 aromatic rings. The lowest BCUT2D eigenvalue weighted by Gasteiger charge is -2.29. The summed E-state index contributed by atoms with van der Waals surface area (Å²) in [6.07, 6.45) is 4.03. The molecule has 1 saturated heterocycles. The Balaban J connectivity index is 1.86. The molecule has 1 aromatic carbocycles. The van der Waals surface area contributed by atoms with E-state index in [1.54, 1.807) is 0 Å². The minimum atomic E-state index is -0.851. The Bertz CT molecular complexity index is 633. The van der Waals surface area contributed by atoms with Gasteiger partial charge in [0.25, 0.3) is 0 Å².